The normalized spacial score (nSPS) is 26.7. The topological polar surface area (TPSA) is 77.0 Å². The van der Waals surface area contributed by atoms with Crippen LogP contribution in [0.3, 0.4) is 0 Å². The van der Waals surface area contributed by atoms with Gasteiger partial charge in [0, 0.05) is 45.3 Å². The third kappa shape index (κ3) is 6.56. The van der Waals surface area contributed by atoms with E-state index in [4.69, 9.17) is 0 Å². The van der Waals surface area contributed by atoms with E-state index in [1.807, 2.05) is 7.05 Å². The molecule has 0 bridgehead atoms. The molecule has 29 heavy (non-hydrogen) atoms. The van der Waals surface area contributed by atoms with E-state index in [-0.39, 0.29) is 11.8 Å². The number of hydrogen-bond donors (Lipinski definition) is 2. The molecule has 1 atom stereocenters. The maximum Gasteiger partial charge on any atom is 0.213 e. The molecule has 3 rings (SSSR count). The molecule has 1 aliphatic carbocycles. The van der Waals surface area contributed by atoms with Crippen molar-refractivity contribution < 1.29 is 8.42 Å². The Labute approximate surface area is 177 Å². The predicted molar refractivity (Wildman–Crippen MR) is 120 cm³/mol. The van der Waals surface area contributed by atoms with Gasteiger partial charge in [-0.05, 0) is 57.9 Å². The second-order valence-electron chi connectivity index (χ2n) is 8.97. The van der Waals surface area contributed by atoms with Crippen molar-refractivity contribution in [2.45, 2.75) is 76.8 Å². The fourth-order valence-electron chi connectivity index (χ4n) is 5.13. The Hall–Kier alpha value is -0.860. The van der Waals surface area contributed by atoms with Crippen LogP contribution in [-0.4, -0.2) is 81.2 Å². The summed E-state index contributed by atoms with van der Waals surface area (Å²) in [5.74, 6) is 1.94. The fraction of sp³-hybridized carbons (Fsp3) is 0.952. The first-order valence-electron chi connectivity index (χ1n) is 11.7. The summed E-state index contributed by atoms with van der Waals surface area (Å²) in [6, 6.07) is 0.887. The van der Waals surface area contributed by atoms with Crippen molar-refractivity contribution in [1.82, 2.24) is 19.8 Å². The Morgan fingerprint density at radius 3 is 2.38 bits per heavy atom. The van der Waals surface area contributed by atoms with Crippen LogP contribution in [-0.2, 0) is 10.0 Å². The standard InChI is InChI=1S/C21H41N5O2S/c1-3-29(27,28)26-14-11-19(12-15-26)24-21(22-2)23-16-20-10-7-13-25(20)17-18-8-5-4-6-9-18/h18-20H,3-17H2,1-2H3,(H2,22,23,24). The van der Waals surface area contributed by atoms with Gasteiger partial charge in [0.15, 0.2) is 5.96 Å². The van der Waals surface area contributed by atoms with Gasteiger partial charge in [-0.1, -0.05) is 19.3 Å². The number of aliphatic imine (C=N–C) groups is 1. The summed E-state index contributed by atoms with van der Waals surface area (Å²) in [6.07, 6.45) is 11.3. The molecule has 0 aromatic carbocycles. The molecule has 2 N–H and O–H groups in total. The molecule has 1 saturated carbocycles. The lowest BCUT2D eigenvalue weighted by Gasteiger charge is -2.33. The van der Waals surface area contributed by atoms with Crippen molar-refractivity contribution in [1.29, 1.82) is 0 Å². The number of guanidine groups is 1. The summed E-state index contributed by atoms with van der Waals surface area (Å²) in [5.41, 5.74) is 0. The molecule has 168 valence electrons. The van der Waals surface area contributed by atoms with Gasteiger partial charge < -0.3 is 10.6 Å². The highest BCUT2D eigenvalue weighted by Gasteiger charge is 2.29. The van der Waals surface area contributed by atoms with Gasteiger partial charge in [-0.15, -0.1) is 0 Å². The van der Waals surface area contributed by atoms with Crippen LogP contribution in [0, 0.1) is 5.92 Å². The number of rotatable bonds is 7. The largest absolute Gasteiger partial charge is 0.355 e. The third-order valence-electron chi connectivity index (χ3n) is 7.00. The van der Waals surface area contributed by atoms with Crippen molar-refractivity contribution in [3.8, 4) is 0 Å². The van der Waals surface area contributed by atoms with Crippen molar-refractivity contribution >= 4 is 16.0 Å². The molecule has 0 spiro atoms. The van der Waals surface area contributed by atoms with Crippen LogP contribution >= 0.6 is 0 Å². The lowest BCUT2D eigenvalue weighted by molar-refractivity contribution is 0.187. The zero-order valence-electron chi connectivity index (χ0n) is 18.4. The molecule has 1 unspecified atom stereocenters. The first-order chi connectivity index (χ1) is 14.0. The molecule has 0 aromatic rings. The van der Waals surface area contributed by atoms with Crippen molar-refractivity contribution in [3.05, 3.63) is 0 Å². The SMILES string of the molecule is CCS(=O)(=O)N1CCC(NC(=NC)NCC2CCCN2CC2CCCCC2)CC1. The lowest BCUT2D eigenvalue weighted by atomic mass is 9.89. The summed E-state index contributed by atoms with van der Waals surface area (Å²) in [7, 11) is -1.24. The van der Waals surface area contributed by atoms with E-state index in [1.54, 1.807) is 11.2 Å². The minimum atomic E-state index is -3.06. The van der Waals surface area contributed by atoms with E-state index in [2.05, 4.69) is 20.5 Å². The molecular formula is C21H41N5O2S. The molecule has 2 heterocycles. The van der Waals surface area contributed by atoms with Gasteiger partial charge in [0.05, 0.1) is 5.75 Å². The van der Waals surface area contributed by atoms with Gasteiger partial charge in [0.25, 0.3) is 0 Å². The third-order valence-corrected chi connectivity index (χ3v) is 8.88. The van der Waals surface area contributed by atoms with Crippen LogP contribution < -0.4 is 10.6 Å². The highest BCUT2D eigenvalue weighted by atomic mass is 32.2. The Bertz CT molecular complexity index is 625. The highest BCUT2D eigenvalue weighted by Crippen LogP contribution is 2.27. The van der Waals surface area contributed by atoms with Gasteiger partial charge in [0.2, 0.25) is 10.0 Å². The number of sulfonamides is 1. The number of likely N-dealkylation sites (tertiary alicyclic amines) is 1. The highest BCUT2D eigenvalue weighted by molar-refractivity contribution is 7.89. The van der Waals surface area contributed by atoms with E-state index in [0.717, 1.165) is 31.3 Å². The van der Waals surface area contributed by atoms with E-state index >= 15 is 0 Å². The second kappa shape index (κ2) is 11.0. The molecule has 3 aliphatic rings. The first kappa shape index (κ1) is 22.8. The molecule has 0 radical (unpaired) electrons. The minimum absolute atomic E-state index is 0.188. The van der Waals surface area contributed by atoms with E-state index in [0.29, 0.717) is 19.1 Å². The summed E-state index contributed by atoms with van der Waals surface area (Å²) in [6.45, 7) is 6.36. The second-order valence-corrected chi connectivity index (χ2v) is 11.2. The van der Waals surface area contributed by atoms with Crippen molar-refractivity contribution in [3.63, 3.8) is 0 Å². The zero-order chi connectivity index (χ0) is 20.7. The van der Waals surface area contributed by atoms with Crippen LogP contribution in [0.5, 0.6) is 0 Å². The first-order valence-corrected chi connectivity index (χ1v) is 13.3. The van der Waals surface area contributed by atoms with Gasteiger partial charge in [-0.3, -0.25) is 9.89 Å². The molecule has 3 fully saturated rings. The smallest absolute Gasteiger partial charge is 0.213 e. The molecule has 2 aliphatic heterocycles. The van der Waals surface area contributed by atoms with Crippen LogP contribution in [0.15, 0.2) is 4.99 Å². The molecule has 2 saturated heterocycles. The number of piperidine rings is 1. The fourth-order valence-corrected chi connectivity index (χ4v) is 6.26. The van der Waals surface area contributed by atoms with Crippen molar-refractivity contribution in [2.24, 2.45) is 10.9 Å². The molecule has 7 nitrogen and oxygen atoms in total. The maximum atomic E-state index is 12.0. The van der Waals surface area contributed by atoms with Gasteiger partial charge in [-0.2, -0.15) is 0 Å². The monoisotopic (exact) mass is 427 g/mol. The molecular weight excluding hydrogens is 386 g/mol. The summed E-state index contributed by atoms with van der Waals surface area (Å²) < 4.78 is 25.7. The zero-order valence-corrected chi connectivity index (χ0v) is 19.2. The number of nitrogens with one attached hydrogen (secondary N) is 2. The van der Waals surface area contributed by atoms with Crippen LogP contribution in [0.25, 0.3) is 0 Å². The van der Waals surface area contributed by atoms with Gasteiger partial charge in [0.1, 0.15) is 0 Å². The quantitative estimate of drug-likeness (QED) is 0.480. The van der Waals surface area contributed by atoms with E-state index in [9.17, 15) is 8.42 Å². The summed E-state index contributed by atoms with van der Waals surface area (Å²) in [5, 5.41) is 7.06. The van der Waals surface area contributed by atoms with Gasteiger partial charge >= 0.3 is 0 Å². The minimum Gasteiger partial charge on any atom is -0.355 e. The Balaban J connectivity index is 1.41. The van der Waals surface area contributed by atoms with Crippen LogP contribution in [0.1, 0.15) is 64.7 Å². The lowest BCUT2D eigenvalue weighted by Crippen LogP contribution is -2.51. The van der Waals surface area contributed by atoms with Crippen LogP contribution in [0.4, 0.5) is 0 Å². The molecule has 0 amide bonds. The average Bonchev–Trinajstić information content (AvgIpc) is 3.19. The molecule has 0 aromatic heterocycles. The number of hydrogen-bond acceptors (Lipinski definition) is 4. The van der Waals surface area contributed by atoms with Crippen LogP contribution in [0.2, 0.25) is 0 Å². The average molecular weight is 428 g/mol. The predicted octanol–water partition coefficient (Wildman–Crippen LogP) is 2.01. The van der Waals surface area contributed by atoms with Gasteiger partial charge in [-0.25, -0.2) is 12.7 Å². The Morgan fingerprint density at radius 1 is 1.00 bits per heavy atom. The molecule has 8 heteroatoms. The van der Waals surface area contributed by atoms with E-state index < -0.39 is 10.0 Å². The summed E-state index contributed by atoms with van der Waals surface area (Å²) >= 11 is 0. The van der Waals surface area contributed by atoms with E-state index in [1.165, 1.54) is 58.0 Å². The van der Waals surface area contributed by atoms with Crippen molar-refractivity contribution in [2.75, 3.05) is 45.5 Å². The summed E-state index contributed by atoms with van der Waals surface area (Å²) in [4.78, 5) is 7.11. The Kier molecular flexibility index (Phi) is 8.62. The maximum absolute atomic E-state index is 12.0. The number of nitrogens with zero attached hydrogens (tertiary/aromatic N) is 3. The Morgan fingerprint density at radius 2 is 1.72 bits per heavy atom.